The number of nitrogens with zero attached hydrogens (tertiary/aromatic N) is 3. The first-order chi connectivity index (χ1) is 9.02. The second kappa shape index (κ2) is 5.24. The van der Waals surface area contributed by atoms with Crippen LogP contribution in [-0.4, -0.2) is 17.9 Å². The van der Waals surface area contributed by atoms with Gasteiger partial charge in [-0.2, -0.15) is 4.73 Å². The number of pyridine rings is 2. The number of halogens is 1. The molecule has 0 atom stereocenters. The van der Waals surface area contributed by atoms with Gasteiger partial charge >= 0.3 is 0 Å². The Labute approximate surface area is 115 Å². The molecular formula is C13H12ClN3O2. The molecule has 0 bridgehead atoms. The molecule has 98 valence electrons. The molecule has 2 rings (SSSR count). The predicted octanol–water partition coefficient (Wildman–Crippen LogP) is 1.95. The summed E-state index contributed by atoms with van der Waals surface area (Å²) >= 11 is 5.95. The lowest BCUT2D eigenvalue weighted by atomic mass is 10.2. The molecule has 0 saturated heterocycles. The van der Waals surface area contributed by atoms with Crippen molar-refractivity contribution < 1.29 is 9.52 Å². The van der Waals surface area contributed by atoms with Crippen molar-refractivity contribution in [1.82, 2.24) is 4.98 Å². The van der Waals surface area contributed by atoms with Crippen LogP contribution in [0, 0.1) is 12.1 Å². The van der Waals surface area contributed by atoms with Crippen LogP contribution in [0.15, 0.2) is 36.7 Å². The zero-order valence-corrected chi connectivity index (χ0v) is 11.3. The van der Waals surface area contributed by atoms with Gasteiger partial charge in [0.2, 0.25) is 5.69 Å². The van der Waals surface area contributed by atoms with E-state index in [0.29, 0.717) is 21.7 Å². The van der Waals surface area contributed by atoms with Crippen molar-refractivity contribution in [2.75, 3.05) is 11.9 Å². The van der Waals surface area contributed by atoms with Crippen molar-refractivity contribution in [2.24, 2.45) is 0 Å². The molecule has 0 aliphatic rings. The standard InChI is InChI=1S/C13H12ClN3O2/c1-9-10(5-4-8-17(9)19)13(18)16(2)11-6-3-7-15-12(11)14/h3-8H,1-2H3. The summed E-state index contributed by atoms with van der Waals surface area (Å²) in [6.07, 6.45) is 2.90. The van der Waals surface area contributed by atoms with E-state index in [4.69, 9.17) is 11.6 Å². The fourth-order valence-electron chi connectivity index (χ4n) is 1.71. The Morgan fingerprint density at radius 2 is 2.16 bits per heavy atom. The molecule has 0 saturated carbocycles. The topological polar surface area (TPSA) is 60.1 Å². The molecule has 19 heavy (non-hydrogen) atoms. The molecule has 2 heterocycles. The van der Waals surface area contributed by atoms with Crippen LogP contribution in [0.2, 0.25) is 5.15 Å². The summed E-state index contributed by atoms with van der Waals surface area (Å²) in [5.74, 6) is -0.308. The van der Waals surface area contributed by atoms with E-state index >= 15 is 0 Å². The monoisotopic (exact) mass is 277 g/mol. The van der Waals surface area contributed by atoms with E-state index in [0.717, 1.165) is 0 Å². The van der Waals surface area contributed by atoms with E-state index in [2.05, 4.69) is 4.98 Å². The molecule has 0 radical (unpaired) electrons. The van der Waals surface area contributed by atoms with Gasteiger partial charge in [-0.3, -0.25) is 4.79 Å². The zero-order chi connectivity index (χ0) is 14.0. The summed E-state index contributed by atoms with van der Waals surface area (Å²) in [5.41, 5.74) is 1.18. The first kappa shape index (κ1) is 13.3. The number of hydrogen-bond acceptors (Lipinski definition) is 3. The van der Waals surface area contributed by atoms with E-state index in [1.54, 1.807) is 38.4 Å². The smallest absolute Gasteiger partial charge is 0.264 e. The van der Waals surface area contributed by atoms with Gasteiger partial charge in [0.1, 0.15) is 5.56 Å². The van der Waals surface area contributed by atoms with Crippen LogP contribution in [0.4, 0.5) is 5.69 Å². The van der Waals surface area contributed by atoms with Gasteiger partial charge in [0, 0.05) is 26.2 Å². The van der Waals surface area contributed by atoms with Gasteiger partial charge in [-0.1, -0.05) is 11.6 Å². The van der Waals surface area contributed by atoms with Crippen LogP contribution < -0.4 is 9.63 Å². The number of amides is 1. The highest BCUT2D eigenvalue weighted by Crippen LogP contribution is 2.23. The molecule has 0 aliphatic heterocycles. The van der Waals surface area contributed by atoms with E-state index in [-0.39, 0.29) is 11.1 Å². The van der Waals surface area contributed by atoms with Crippen molar-refractivity contribution in [1.29, 1.82) is 0 Å². The number of aromatic nitrogens is 2. The Morgan fingerprint density at radius 3 is 2.84 bits per heavy atom. The number of hydrogen-bond donors (Lipinski definition) is 0. The van der Waals surface area contributed by atoms with Crippen LogP contribution in [0.3, 0.4) is 0 Å². The lowest BCUT2D eigenvalue weighted by molar-refractivity contribution is -0.612. The molecule has 0 fully saturated rings. The van der Waals surface area contributed by atoms with Crippen molar-refractivity contribution in [3.63, 3.8) is 0 Å². The fraction of sp³-hybridized carbons (Fsp3) is 0.154. The minimum Gasteiger partial charge on any atom is -0.618 e. The summed E-state index contributed by atoms with van der Waals surface area (Å²) < 4.78 is 0.659. The maximum absolute atomic E-state index is 12.4. The SMILES string of the molecule is Cc1c(C(=O)N(C)c2cccnc2Cl)ccc[n+]1[O-]. The maximum Gasteiger partial charge on any atom is 0.264 e. The van der Waals surface area contributed by atoms with Gasteiger partial charge in [-0.25, -0.2) is 4.98 Å². The highest BCUT2D eigenvalue weighted by molar-refractivity contribution is 6.32. The van der Waals surface area contributed by atoms with Gasteiger partial charge in [0.05, 0.1) is 5.69 Å². The summed E-state index contributed by atoms with van der Waals surface area (Å²) in [6, 6.07) is 6.52. The third kappa shape index (κ3) is 2.51. The Balaban J connectivity index is 2.40. The third-order valence-corrected chi connectivity index (χ3v) is 3.13. The Hall–Kier alpha value is -2.14. The lowest BCUT2D eigenvalue weighted by Crippen LogP contribution is -2.35. The molecule has 0 aromatic carbocycles. The summed E-state index contributed by atoms with van der Waals surface area (Å²) in [6.45, 7) is 1.60. The van der Waals surface area contributed by atoms with Crippen LogP contribution >= 0.6 is 11.6 Å². The third-order valence-electron chi connectivity index (χ3n) is 2.84. The molecule has 2 aromatic heterocycles. The number of carbonyl (C=O) groups excluding carboxylic acids is 1. The Bertz CT molecular complexity index is 631. The van der Waals surface area contributed by atoms with Crippen LogP contribution in [-0.2, 0) is 0 Å². The summed E-state index contributed by atoms with van der Waals surface area (Å²) in [5, 5.41) is 11.7. The first-order valence-corrected chi connectivity index (χ1v) is 5.97. The van der Waals surface area contributed by atoms with E-state index < -0.39 is 0 Å². The van der Waals surface area contributed by atoms with E-state index in [1.165, 1.54) is 17.2 Å². The molecule has 0 aliphatic carbocycles. The lowest BCUT2D eigenvalue weighted by Gasteiger charge is -2.18. The molecule has 5 nitrogen and oxygen atoms in total. The molecule has 0 spiro atoms. The van der Waals surface area contributed by atoms with Crippen LogP contribution in [0.5, 0.6) is 0 Å². The number of carbonyl (C=O) groups is 1. The van der Waals surface area contributed by atoms with Gasteiger partial charge in [0.15, 0.2) is 11.3 Å². The molecule has 2 aromatic rings. The van der Waals surface area contributed by atoms with E-state index in [1.807, 2.05) is 0 Å². The van der Waals surface area contributed by atoms with Gasteiger partial charge in [0.25, 0.3) is 5.91 Å². The minimum atomic E-state index is -0.308. The number of rotatable bonds is 2. The highest BCUT2D eigenvalue weighted by Gasteiger charge is 2.21. The molecular weight excluding hydrogens is 266 g/mol. The van der Waals surface area contributed by atoms with Crippen LogP contribution in [0.1, 0.15) is 16.1 Å². The summed E-state index contributed by atoms with van der Waals surface area (Å²) in [4.78, 5) is 17.7. The molecule has 0 N–H and O–H groups in total. The Kier molecular flexibility index (Phi) is 3.66. The quantitative estimate of drug-likeness (QED) is 0.479. The zero-order valence-electron chi connectivity index (χ0n) is 10.5. The highest BCUT2D eigenvalue weighted by atomic mass is 35.5. The summed E-state index contributed by atoms with van der Waals surface area (Å²) in [7, 11) is 1.59. The fourth-order valence-corrected chi connectivity index (χ4v) is 1.96. The normalized spacial score (nSPS) is 10.3. The van der Waals surface area contributed by atoms with Crippen molar-refractivity contribution in [3.05, 3.63) is 58.3 Å². The minimum absolute atomic E-state index is 0.238. The molecule has 1 amide bonds. The average molecular weight is 278 g/mol. The van der Waals surface area contributed by atoms with Crippen molar-refractivity contribution in [3.8, 4) is 0 Å². The number of anilines is 1. The Morgan fingerprint density at radius 1 is 1.42 bits per heavy atom. The van der Waals surface area contributed by atoms with Crippen LogP contribution in [0.25, 0.3) is 0 Å². The first-order valence-electron chi connectivity index (χ1n) is 5.59. The van der Waals surface area contributed by atoms with E-state index in [9.17, 15) is 10.0 Å². The van der Waals surface area contributed by atoms with Gasteiger partial charge in [-0.15, -0.1) is 0 Å². The second-order valence-electron chi connectivity index (χ2n) is 4.01. The second-order valence-corrected chi connectivity index (χ2v) is 4.37. The van der Waals surface area contributed by atoms with Crippen molar-refractivity contribution in [2.45, 2.75) is 6.92 Å². The largest absolute Gasteiger partial charge is 0.618 e. The average Bonchev–Trinajstić information content (AvgIpc) is 2.41. The van der Waals surface area contributed by atoms with Gasteiger partial charge < -0.3 is 10.1 Å². The van der Waals surface area contributed by atoms with Crippen molar-refractivity contribution >= 4 is 23.2 Å². The molecule has 6 heteroatoms. The van der Waals surface area contributed by atoms with Gasteiger partial charge in [-0.05, 0) is 18.2 Å². The predicted molar refractivity (Wildman–Crippen MR) is 72.1 cm³/mol. The maximum atomic E-state index is 12.4. The molecule has 0 unspecified atom stereocenters.